The predicted molar refractivity (Wildman–Crippen MR) is 115 cm³/mol. The van der Waals surface area contributed by atoms with Gasteiger partial charge in [0, 0.05) is 17.6 Å². The first-order valence-electron chi connectivity index (χ1n) is 10.0. The monoisotopic (exact) mass is 515 g/mol. The van der Waals surface area contributed by atoms with Crippen LogP contribution in [0.25, 0.3) is 0 Å². The number of rotatable bonds is 1. The Bertz CT molecular complexity index is 947. The summed E-state index contributed by atoms with van der Waals surface area (Å²) < 4.78 is 87.3. The molecule has 33 heavy (non-hydrogen) atoms. The van der Waals surface area contributed by atoms with Gasteiger partial charge >= 0.3 is 12.4 Å². The molecule has 1 unspecified atom stereocenters. The summed E-state index contributed by atoms with van der Waals surface area (Å²) in [6.45, 7) is 4.63. The van der Waals surface area contributed by atoms with Crippen LogP contribution in [-0.4, -0.2) is 22.7 Å². The minimum atomic E-state index is -4.58. The molecule has 2 heterocycles. The van der Waals surface area contributed by atoms with Crippen molar-refractivity contribution < 1.29 is 35.5 Å². The summed E-state index contributed by atoms with van der Waals surface area (Å²) in [4.78, 5) is 13.5. The maximum atomic E-state index is 13.4. The summed E-state index contributed by atoms with van der Waals surface area (Å²) in [7, 11) is 0. The summed E-state index contributed by atoms with van der Waals surface area (Å²) in [5.74, 6) is -0.917. The first-order chi connectivity index (χ1) is 15.4. The molecule has 0 saturated carbocycles. The van der Waals surface area contributed by atoms with Crippen molar-refractivity contribution in [3.63, 3.8) is 0 Å². The molecule has 0 bridgehead atoms. The van der Waals surface area contributed by atoms with E-state index in [-0.39, 0.29) is 16.8 Å². The van der Waals surface area contributed by atoms with Crippen LogP contribution in [0.15, 0.2) is 42.5 Å². The van der Waals surface area contributed by atoms with Crippen molar-refractivity contribution in [1.82, 2.24) is 4.90 Å². The van der Waals surface area contributed by atoms with Crippen LogP contribution < -0.4 is 0 Å². The van der Waals surface area contributed by atoms with E-state index in [0.717, 1.165) is 48.9 Å². The van der Waals surface area contributed by atoms with Crippen LogP contribution in [0.4, 0.5) is 35.5 Å². The standard InChI is InChI=1S/C13H11F4NOS.C7H4ClF3.C2H6/c14-9-5-7(4-8(6-9)13(15,16)17)11-10-2-1-3-18(10)12(19)20-11;8-6-3-1-5(2-4-6)7(9,10)11;1-2/h4-6,10-11H,1-3H2;1-4H;1-2H3/t10?,11-;;/m1../s1. The van der Waals surface area contributed by atoms with Crippen molar-refractivity contribution in [3.8, 4) is 0 Å². The Morgan fingerprint density at radius 2 is 1.52 bits per heavy atom. The highest BCUT2D eigenvalue weighted by Crippen LogP contribution is 2.48. The van der Waals surface area contributed by atoms with Crippen molar-refractivity contribution in [3.05, 3.63) is 70.0 Å². The Balaban J connectivity index is 0.000000252. The third-order valence-electron chi connectivity index (χ3n) is 4.86. The van der Waals surface area contributed by atoms with Gasteiger partial charge in [-0.3, -0.25) is 4.79 Å². The molecule has 2 aromatic carbocycles. The number of halogens is 8. The average Bonchev–Trinajstić information content (AvgIpc) is 3.33. The van der Waals surface area contributed by atoms with Crippen LogP contribution in [-0.2, 0) is 12.4 Å². The molecule has 0 radical (unpaired) electrons. The molecule has 0 spiro atoms. The second kappa shape index (κ2) is 11.0. The van der Waals surface area contributed by atoms with Gasteiger partial charge in [0.1, 0.15) is 5.82 Å². The van der Waals surface area contributed by atoms with Gasteiger partial charge in [0.05, 0.1) is 16.4 Å². The van der Waals surface area contributed by atoms with E-state index >= 15 is 0 Å². The zero-order valence-electron chi connectivity index (χ0n) is 17.6. The maximum Gasteiger partial charge on any atom is 0.416 e. The lowest BCUT2D eigenvalue weighted by atomic mass is 10.0. The van der Waals surface area contributed by atoms with Crippen molar-refractivity contribution in [2.75, 3.05) is 6.54 Å². The topological polar surface area (TPSA) is 20.3 Å². The second-order valence-corrected chi connectivity index (χ2v) is 8.51. The fourth-order valence-electron chi connectivity index (χ4n) is 3.46. The zero-order chi connectivity index (χ0) is 25.0. The molecule has 2 atom stereocenters. The third kappa shape index (κ3) is 7.02. The van der Waals surface area contributed by atoms with Gasteiger partial charge in [0.25, 0.3) is 5.24 Å². The molecule has 4 rings (SSSR count). The first-order valence-corrected chi connectivity index (χ1v) is 11.3. The lowest BCUT2D eigenvalue weighted by Crippen LogP contribution is -2.27. The average molecular weight is 516 g/mol. The number of nitrogens with zero attached hydrogens (tertiary/aromatic N) is 1. The molecule has 2 aliphatic rings. The Labute approximate surface area is 196 Å². The highest BCUT2D eigenvalue weighted by Gasteiger charge is 2.44. The number of carbonyl (C=O) groups is 1. The number of carbonyl (C=O) groups excluding carboxylic acids is 1. The molecule has 2 fully saturated rings. The van der Waals surface area contributed by atoms with E-state index < -0.39 is 34.5 Å². The summed E-state index contributed by atoms with van der Waals surface area (Å²) in [6.07, 6.45) is -7.26. The van der Waals surface area contributed by atoms with Crippen molar-refractivity contribution >= 4 is 28.6 Å². The normalized spacial score (nSPS) is 19.9. The zero-order valence-corrected chi connectivity index (χ0v) is 19.2. The van der Waals surface area contributed by atoms with Crippen LogP contribution >= 0.6 is 23.4 Å². The number of alkyl halides is 6. The van der Waals surface area contributed by atoms with E-state index in [4.69, 9.17) is 11.6 Å². The quantitative estimate of drug-likeness (QED) is 0.354. The van der Waals surface area contributed by atoms with Gasteiger partial charge in [-0.2, -0.15) is 26.3 Å². The summed E-state index contributed by atoms with van der Waals surface area (Å²) in [6, 6.07) is 6.74. The number of fused-ring (bicyclic) bond motifs is 1. The summed E-state index contributed by atoms with van der Waals surface area (Å²) >= 11 is 6.39. The largest absolute Gasteiger partial charge is 0.416 e. The molecule has 2 saturated heterocycles. The molecule has 2 nitrogen and oxygen atoms in total. The number of amides is 1. The summed E-state index contributed by atoms with van der Waals surface area (Å²) in [5, 5.41) is -0.241. The highest BCUT2D eigenvalue weighted by atomic mass is 35.5. The van der Waals surface area contributed by atoms with Gasteiger partial charge in [-0.05, 0) is 60.9 Å². The number of hydrogen-bond donors (Lipinski definition) is 0. The van der Waals surface area contributed by atoms with Crippen LogP contribution in [0, 0.1) is 5.82 Å². The van der Waals surface area contributed by atoms with Crippen LogP contribution in [0.5, 0.6) is 0 Å². The maximum absolute atomic E-state index is 13.4. The van der Waals surface area contributed by atoms with E-state index in [9.17, 15) is 35.5 Å². The van der Waals surface area contributed by atoms with Gasteiger partial charge in [-0.25, -0.2) is 4.39 Å². The first kappa shape index (κ1) is 27.3. The summed E-state index contributed by atoms with van der Waals surface area (Å²) in [5.41, 5.74) is -1.44. The molecule has 1 amide bonds. The Hall–Kier alpha value is -1.94. The lowest BCUT2D eigenvalue weighted by Gasteiger charge is -2.20. The van der Waals surface area contributed by atoms with Crippen LogP contribution in [0.2, 0.25) is 5.02 Å². The highest BCUT2D eigenvalue weighted by molar-refractivity contribution is 8.14. The van der Waals surface area contributed by atoms with E-state index in [1.807, 2.05) is 13.8 Å². The fourth-order valence-corrected chi connectivity index (χ4v) is 4.88. The van der Waals surface area contributed by atoms with Crippen molar-refractivity contribution in [2.45, 2.75) is 50.3 Å². The van der Waals surface area contributed by atoms with E-state index in [2.05, 4.69) is 0 Å². The molecule has 0 aliphatic carbocycles. The molecule has 0 aromatic heterocycles. The van der Waals surface area contributed by atoms with Crippen molar-refractivity contribution in [1.29, 1.82) is 0 Å². The molecule has 2 aromatic rings. The van der Waals surface area contributed by atoms with Gasteiger partial charge in [0.2, 0.25) is 0 Å². The SMILES string of the molecule is CC.FC(F)(F)c1ccc(Cl)cc1.O=C1S[C@H](c2cc(F)cc(C(F)(F)F)c2)C2CCCN12. The molecule has 0 N–H and O–H groups in total. The number of benzene rings is 2. The number of thioether (sulfide) groups is 1. The van der Waals surface area contributed by atoms with Gasteiger partial charge in [-0.1, -0.05) is 37.2 Å². The second-order valence-electron chi connectivity index (χ2n) is 6.98. The van der Waals surface area contributed by atoms with Gasteiger partial charge in [-0.15, -0.1) is 0 Å². The molecule has 11 heteroatoms. The third-order valence-corrected chi connectivity index (χ3v) is 6.39. The smallest absolute Gasteiger partial charge is 0.329 e. The minimum absolute atomic E-state index is 0.115. The Morgan fingerprint density at radius 3 is 2.06 bits per heavy atom. The molecule has 182 valence electrons. The Kier molecular flexibility index (Phi) is 9.09. The van der Waals surface area contributed by atoms with E-state index in [0.29, 0.717) is 17.6 Å². The predicted octanol–water partition coefficient (Wildman–Crippen LogP) is 8.60. The van der Waals surface area contributed by atoms with Gasteiger partial charge < -0.3 is 4.90 Å². The van der Waals surface area contributed by atoms with Crippen LogP contribution in [0.1, 0.15) is 48.6 Å². The minimum Gasteiger partial charge on any atom is -0.329 e. The van der Waals surface area contributed by atoms with Gasteiger partial charge in [0.15, 0.2) is 0 Å². The molecule has 2 aliphatic heterocycles. The molecular weight excluding hydrogens is 495 g/mol. The lowest BCUT2D eigenvalue weighted by molar-refractivity contribution is -0.138. The molecular formula is C22H21ClF7NOS. The fraction of sp³-hybridized carbons (Fsp3) is 0.409. The van der Waals surface area contributed by atoms with E-state index in [1.54, 1.807) is 4.90 Å². The van der Waals surface area contributed by atoms with Crippen LogP contribution in [0.3, 0.4) is 0 Å². The number of hydrogen-bond acceptors (Lipinski definition) is 2. The van der Waals surface area contributed by atoms with E-state index in [1.165, 1.54) is 12.1 Å². The van der Waals surface area contributed by atoms with Crippen molar-refractivity contribution in [2.24, 2.45) is 0 Å². The Morgan fingerprint density at radius 1 is 0.939 bits per heavy atom.